The van der Waals surface area contributed by atoms with Crippen LogP contribution in [0.15, 0.2) is 42.6 Å². The molecule has 1 N–H and O–H groups in total. The maximum absolute atomic E-state index is 11.7. The average Bonchev–Trinajstić information content (AvgIpc) is 2.52. The first-order valence-electron chi connectivity index (χ1n) is 6.59. The van der Waals surface area contributed by atoms with Crippen molar-refractivity contribution in [2.24, 2.45) is 0 Å². The molecule has 0 aliphatic carbocycles. The van der Waals surface area contributed by atoms with Crippen molar-refractivity contribution in [3.63, 3.8) is 0 Å². The van der Waals surface area contributed by atoms with Crippen molar-refractivity contribution >= 4 is 11.7 Å². The van der Waals surface area contributed by atoms with E-state index in [1.165, 1.54) is 0 Å². The van der Waals surface area contributed by atoms with E-state index in [1.54, 1.807) is 18.3 Å². The molecule has 2 aromatic rings. The van der Waals surface area contributed by atoms with Crippen molar-refractivity contribution in [2.75, 3.05) is 25.6 Å². The van der Waals surface area contributed by atoms with Crippen LogP contribution in [-0.2, 0) is 11.3 Å². The summed E-state index contributed by atoms with van der Waals surface area (Å²) in [6.07, 6.45) is 1.67. The number of carbonyl (C=O) groups is 1. The fourth-order valence-corrected chi connectivity index (χ4v) is 1.62. The van der Waals surface area contributed by atoms with Gasteiger partial charge in [-0.1, -0.05) is 18.2 Å². The first-order valence-corrected chi connectivity index (χ1v) is 6.59. The number of hydrogen-bond donors (Lipinski definition) is 1. The lowest BCUT2D eigenvalue weighted by molar-refractivity contribution is -0.123. The van der Waals surface area contributed by atoms with Gasteiger partial charge < -0.3 is 15.0 Å². The maximum atomic E-state index is 11.7. The number of amides is 1. The molecule has 0 atom stereocenters. The van der Waals surface area contributed by atoms with Gasteiger partial charge in [0, 0.05) is 20.3 Å². The minimum Gasteiger partial charge on any atom is -0.484 e. The van der Waals surface area contributed by atoms with Crippen LogP contribution in [0.2, 0.25) is 0 Å². The van der Waals surface area contributed by atoms with Gasteiger partial charge in [-0.2, -0.15) is 0 Å². The molecule has 1 heterocycles. The van der Waals surface area contributed by atoms with E-state index in [2.05, 4.69) is 15.3 Å². The van der Waals surface area contributed by atoms with Crippen LogP contribution in [0, 0.1) is 0 Å². The molecule has 1 amide bonds. The summed E-state index contributed by atoms with van der Waals surface area (Å²) in [4.78, 5) is 22.0. The molecule has 0 fully saturated rings. The highest BCUT2D eigenvalue weighted by molar-refractivity contribution is 5.77. The van der Waals surface area contributed by atoms with Gasteiger partial charge in [0.15, 0.2) is 6.61 Å². The fourth-order valence-electron chi connectivity index (χ4n) is 1.62. The van der Waals surface area contributed by atoms with Crippen molar-refractivity contribution in [2.45, 2.75) is 6.54 Å². The Kier molecular flexibility index (Phi) is 5.09. The number of carbonyl (C=O) groups excluding carboxylic acids is 1. The van der Waals surface area contributed by atoms with E-state index in [1.807, 2.05) is 43.3 Å². The summed E-state index contributed by atoms with van der Waals surface area (Å²) in [5, 5.41) is 2.73. The Hall–Kier alpha value is -2.63. The van der Waals surface area contributed by atoms with Crippen LogP contribution in [0.3, 0.4) is 0 Å². The Morgan fingerprint density at radius 2 is 2.00 bits per heavy atom. The van der Waals surface area contributed by atoms with E-state index in [4.69, 9.17) is 4.74 Å². The number of anilines is 1. The average molecular weight is 286 g/mol. The number of para-hydroxylation sites is 1. The molecule has 0 radical (unpaired) electrons. The van der Waals surface area contributed by atoms with Gasteiger partial charge in [-0.15, -0.1) is 0 Å². The van der Waals surface area contributed by atoms with Gasteiger partial charge >= 0.3 is 0 Å². The van der Waals surface area contributed by atoms with Crippen LogP contribution >= 0.6 is 0 Å². The van der Waals surface area contributed by atoms with Crippen LogP contribution < -0.4 is 15.0 Å². The zero-order chi connectivity index (χ0) is 15.1. The number of aromatic nitrogens is 2. The number of benzene rings is 1. The summed E-state index contributed by atoms with van der Waals surface area (Å²) in [6, 6.07) is 11.0. The molecule has 0 aliphatic rings. The van der Waals surface area contributed by atoms with Crippen molar-refractivity contribution in [3.05, 3.63) is 48.4 Å². The summed E-state index contributed by atoms with van der Waals surface area (Å²) in [6.45, 7) is 0.246. The molecule has 1 aromatic heterocycles. The summed E-state index contributed by atoms with van der Waals surface area (Å²) < 4.78 is 5.36. The largest absolute Gasteiger partial charge is 0.484 e. The van der Waals surface area contributed by atoms with Crippen molar-refractivity contribution in [1.29, 1.82) is 0 Å². The van der Waals surface area contributed by atoms with E-state index < -0.39 is 0 Å². The number of hydrogen-bond acceptors (Lipinski definition) is 5. The number of rotatable bonds is 6. The lowest BCUT2D eigenvalue weighted by Crippen LogP contribution is -2.29. The lowest BCUT2D eigenvalue weighted by atomic mass is 10.3. The molecule has 21 heavy (non-hydrogen) atoms. The van der Waals surface area contributed by atoms with Crippen LogP contribution in [0.1, 0.15) is 5.82 Å². The Labute approximate surface area is 123 Å². The van der Waals surface area contributed by atoms with Crippen LogP contribution in [0.4, 0.5) is 5.82 Å². The van der Waals surface area contributed by atoms with Crippen LogP contribution in [-0.4, -0.2) is 36.6 Å². The quantitative estimate of drug-likeness (QED) is 0.865. The molecule has 0 unspecified atom stereocenters. The summed E-state index contributed by atoms with van der Waals surface area (Å²) >= 11 is 0. The van der Waals surface area contributed by atoms with Crippen molar-refractivity contribution in [3.8, 4) is 5.75 Å². The Morgan fingerprint density at radius 1 is 1.24 bits per heavy atom. The summed E-state index contributed by atoms with van der Waals surface area (Å²) in [5.41, 5.74) is 0. The Bertz CT molecular complexity index is 587. The molecule has 0 saturated carbocycles. The molecular formula is C15H18N4O2. The summed E-state index contributed by atoms with van der Waals surface area (Å²) in [5.74, 6) is 1.82. The normalized spacial score (nSPS) is 10.0. The highest BCUT2D eigenvalue weighted by Gasteiger charge is 2.05. The Morgan fingerprint density at radius 3 is 2.71 bits per heavy atom. The first-order chi connectivity index (χ1) is 10.1. The minimum atomic E-state index is -0.210. The molecule has 0 aliphatic heterocycles. The number of ether oxygens (including phenoxy) is 1. The van der Waals surface area contributed by atoms with Gasteiger partial charge in [0.25, 0.3) is 5.91 Å². The SMILES string of the molecule is CN(C)c1ccnc(CNC(=O)COc2ccccc2)n1. The molecule has 1 aromatic carbocycles. The second-order valence-electron chi connectivity index (χ2n) is 4.60. The van der Waals surface area contributed by atoms with Crippen molar-refractivity contribution in [1.82, 2.24) is 15.3 Å². The van der Waals surface area contributed by atoms with E-state index >= 15 is 0 Å². The molecule has 110 valence electrons. The zero-order valence-corrected chi connectivity index (χ0v) is 12.1. The standard InChI is InChI=1S/C15H18N4O2/c1-19(2)14-8-9-16-13(18-14)10-17-15(20)11-21-12-6-4-3-5-7-12/h3-9H,10-11H2,1-2H3,(H,17,20). The van der Waals surface area contributed by atoms with Crippen LogP contribution in [0.5, 0.6) is 5.75 Å². The topological polar surface area (TPSA) is 67.4 Å². The van der Waals surface area contributed by atoms with Crippen LogP contribution in [0.25, 0.3) is 0 Å². The first kappa shape index (κ1) is 14.8. The molecule has 6 heteroatoms. The second-order valence-corrected chi connectivity index (χ2v) is 4.60. The minimum absolute atomic E-state index is 0.0304. The number of nitrogens with zero attached hydrogens (tertiary/aromatic N) is 3. The summed E-state index contributed by atoms with van der Waals surface area (Å²) in [7, 11) is 3.80. The van der Waals surface area contributed by atoms with Crippen molar-refractivity contribution < 1.29 is 9.53 Å². The third kappa shape index (κ3) is 4.76. The third-order valence-electron chi connectivity index (χ3n) is 2.71. The fraction of sp³-hybridized carbons (Fsp3) is 0.267. The van der Waals surface area contributed by atoms with E-state index in [0.29, 0.717) is 11.6 Å². The van der Waals surface area contributed by atoms with Gasteiger partial charge in [0.2, 0.25) is 0 Å². The molecule has 0 saturated heterocycles. The highest BCUT2D eigenvalue weighted by Crippen LogP contribution is 2.08. The highest BCUT2D eigenvalue weighted by atomic mass is 16.5. The second kappa shape index (κ2) is 7.23. The monoisotopic (exact) mass is 286 g/mol. The van der Waals surface area contributed by atoms with E-state index in [0.717, 1.165) is 5.82 Å². The smallest absolute Gasteiger partial charge is 0.258 e. The van der Waals surface area contributed by atoms with Gasteiger partial charge in [-0.25, -0.2) is 9.97 Å². The van der Waals surface area contributed by atoms with E-state index in [9.17, 15) is 4.79 Å². The predicted molar refractivity (Wildman–Crippen MR) is 80.1 cm³/mol. The Balaban J connectivity index is 1.80. The van der Waals surface area contributed by atoms with E-state index in [-0.39, 0.29) is 19.1 Å². The van der Waals surface area contributed by atoms with Gasteiger partial charge in [0.1, 0.15) is 17.4 Å². The lowest BCUT2D eigenvalue weighted by Gasteiger charge is -2.12. The third-order valence-corrected chi connectivity index (χ3v) is 2.71. The number of nitrogens with one attached hydrogen (secondary N) is 1. The van der Waals surface area contributed by atoms with Gasteiger partial charge in [0.05, 0.1) is 6.54 Å². The molecular weight excluding hydrogens is 268 g/mol. The maximum Gasteiger partial charge on any atom is 0.258 e. The molecule has 0 spiro atoms. The van der Waals surface area contributed by atoms with Gasteiger partial charge in [-0.05, 0) is 18.2 Å². The predicted octanol–water partition coefficient (Wildman–Crippen LogP) is 1.24. The molecule has 0 bridgehead atoms. The molecule has 6 nitrogen and oxygen atoms in total. The van der Waals surface area contributed by atoms with Gasteiger partial charge in [-0.3, -0.25) is 4.79 Å². The molecule has 2 rings (SSSR count). The zero-order valence-electron chi connectivity index (χ0n) is 12.1.